The van der Waals surface area contributed by atoms with E-state index in [0.29, 0.717) is 52.4 Å². The number of aryl methyl sites for hydroxylation is 2. The molecule has 0 unspecified atom stereocenters. The van der Waals surface area contributed by atoms with E-state index in [2.05, 4.69) is 34.5 Å². The van der Waals surface area contributed by atoms with Gasteiger partial charge in [0.2, 0.25) is 0 Å². The molecule has 0 saturated carbocycles. The average Bonchev–Trinajstić information content (AvgIpc) is 1.44. The second-order valence-electron chi connectivity index (χ2n) is 23.9. The lowest BCUT2D eigenvalue weighted by Crippen LogP contribution is -2.26. The highest BCUT2D eigenvalue weighted by Crippen LogP contribution is 2.48. The van der Waals surface area contributed by atoms with Crippen LogP contribution < -0.4 is 9.47 Å². The summed E-state index contributed by atoms with van der Waals surface area (Å²) in [6, 6.07) is 16.8. The van der Waals surface area contributed by atoms with Crippen LogP contribution in [0.5, 0.6) is 51.7 Å². The maximum absolute atomic E-state index is 13.0. The number of carboxylic acids is 4. The van der Waals surface area contributed by atoms with E-state index >= 15 is 0 Å². The van der Waals surface area contributed by atoms with Crippen LogP contribution in [-0.4, -0.2) is 104 Å². The molecule has 0 radical (unpaired) electrons. The standard InChI is InChI=1S/C25H28O7.C16H21IO3.C15H22O5.C8H3BrO3.C7H6O4.2C2H6.CH4/c1-4-6-8-9-15-21(24(28)29)18(27)13-20-23(15)31-19-12-14(3)11-16(17(26)10-7-5-2)22(19)25(30)32-20;1-5-6-7-16(3,4)14(18)11-8-10(2)9-12(17)13(11)15(19)20;1-4-5-6-7-15(2,3)12-11(14(19)20)9(16)8-10(17)13(12)18;9-4-1-2-5-6(3-4)8(11)12-7(5)10;8-4-1-2-5(7(10)11)6(9)3-4;2*1-2;/h11-13,27H,4-10H2,1-3H3,(H,28,29);8-9H,5-7H2,1-4H3,(H,19,20);8,16-18H,4-7H2,1-3H3,(H,19,20);1-3H;1-3,8-9H,(H,10,11);2*1-2H3;1H4. The van der Waals surface area contributed by atoms with Crippen LogP contribution in [0.15, 0.2) is 77.3 Å². The van der Waals surface area contributed by atoms with Crippen LogP contribution in [0.3, 0.4) is 0 Å². The van der Waals surface area contributed by atoms with Gasteiger partial charge in [0, 0.05) is 60.3 Å². The van der Waals surface area contributed by atoms with Gasteiger partial charge in [0.1, 0.15) is 51.0 Å². The van der Waals surface area contributed by atoms with Crippen molar-refractivity contribution < 1.29 is 108 Å². The molecule has 100 heavy (non-hydrogen) atoms. The number of hydrogen-bond acceptors (Lipinski definition) is 18. The second-order valence-corrected chi connectivity index (χ2v) is 25.9. The number of phenols is 6. The molecule has 2 aliphatic heterocycles. The van der Waals surface area contributed by atoms with Crippen molar-refractivity contribution in [2.24, 2.45) is 5.41 Å². The third-order valence-corrected chi connectivity index (χ3v) is 16.7. The highest BCUT2D eigenvalue weighted by Gasteiger charge is 2.36. The Balaban J connectivity index is 0.000000646. The van der Waals surface area contributed by atoms with E-state index in [0.717, 1.165) is 97.7 Å². The highest BCUT2D eigenvalue weighted by atomic mass is 127. The van der Waals surface area contributed by atoms with Gasteiger partial charge in [-0.15, -0.1) is 0 Å². The number of benzene rings is 6. The molecule has 0 spiro atoms. The number of esters is 3. The van der Waals surface area contributed by atoms with Crippen LogP contribution in [0.1, 0.15) is 289 Å². The fourth-order valence-electron chi connectivity index (χ4n) is 10.3. The van der Waals surface area contributed by atoms with Crippen LogP contribution in [-0.2, 0) is 16.6 Å². The number of fused-ring (bicyclic) bond motifs is 3. The fourth-order valence-corrected chi connectivity index (χ4v) is 11.7. The van der Waals surface area contributed by atoms with E-state index in [1.807, 2.05) is 84.9 Å². The number of carbonyl (C=O) groups excluding carboxylic acids is 5. The van der Waals surface area contributed by atoms with Crippen molar-refractivity contribution in [3.8, 4) is 51.7 Å². The first-order valence-electron chi connectivity index (χ1n) is 32.6. The van der Waals surface area contributed by atoms with Gasteiger partial charge in [0.15, 0.2) is 34.6 Å². The van der Waals surface area contributed by atoms with Gasteiger partial charge in [-0.25, -0.2) is 33.6 Å². The number of aromatic carboxylic acids is 4. The van der Waals surface area contributed by atoms with Gasteiger partial charge in [-0.05, 0) is 140 Å². The molecule has 0 amide bonds. The van der Waals surface area contributed by atoms with E-state index in [9.17, 15) is 78.9 Å². The molecule has 0 atom stereocenters. The third-order valence-electron chi connectivity index (χ3n) is 15.3. The van der Waals surface area contributed by atoms with Gasteiger partial charge < -0.3 is 65.3 Å². The van der Waals surface area contributed by atoms with Crippen molar-refractivity contribution in [3.05, 3.63) is 153 Å². The molecule has 0 bridgehead atoms. The summed E-state index contributed by atoms with van der Waals surface area (Å²) in [5, 5.41) is 94.2. The Morgan fingerprint density at radius 2 is 1.04 bits per heavy atom. The van der Waals surface area contributed by atoms with E-state index in [-0.39, 0.29) is 86.5 Å². The number of unbranched alkanes of at least 4 members (excludes halogenated alkanes) is 6. The molecule has 10 N–H and O–H groups in total. The number of ether oxygens (including phenoxy) is 3. The molecule has 2 aliphatic rings. The van der Waals surface area contributed by atoms with Gasteiger partial charge in [0.05, 0.1) is 16.7 Å². The van der Waals surface area contributed by atoms with Crippen molar-refractivity contribution in [2.45, 2.75) is 200 Å². The van der Waals surface area contributed by atoms with E-state index in [1.165, 1.54) is 6.07 Å². The topological polar surface area (TPSA) is 384 Å². The zero-order valence-electron chi connectivity index (χ0n) is 58.5. The molecule has 2 heterocycles. The predicted molar refractivity (Wildman–Crippen MR) is 392 cm³/mol. The Kier molecular flexibility index (Phi) is 36.9. The molecular weight excluding hydrogens is 1470 g/mol. The van der Waals surface area contributed by atoms with Gasteiger partial charge in [0.25, 0.3) is 0 Å². The number of carbonyl (C=O) groups is 9. The number of halogens is 2. The van der Waals surface area contributed by atoms with Crippen molar-refractivity contribution in [1.29, 1.82) is 0 Å². The van der Waals surface area contributed by atoms with E-state index < -0.39 is 81.4 Å². The molecule has 22 nitrogen and oxygen atoms in total. The minimum absolute atomic E-state index is 0. The maximum atomic E-state index is 13.0. The Hall–Kier alpha value is -9.04. The normalized spacial score (nSPS) is 11.4. The molecule has 0 aliphatic carbocycles. The minimum atomic E-state index is -1.32. The summed E-state index contributed by atoms with van der Waals surface area (Å²) in [4.78, 5) is 105. The van der Waals surface area contributed by atoms with Crippen LogP contribution in [0.25, 0.3) is 0 Å². The van der Waals surface area contributed by atoms with Gasteiger partial charge in [-0.1, -0.05) is 158 Å². The Labute approximate surface area is 606 Å². The van der Waals surface area contributed by atoms with Crippen LogP contribution >= 0.6 is 38.5 Å². The van der Waals surface area contributed by atoms with Crippen molar-refractivity contribution in [1.82, 2.24) is 0 Å². The molecule has 8 rings (SSSR count). The monoisotopic (exact) mass is 1570 g/mol. The molecule has 6 aromatic rings. The quantitative estimate of drug-likeness (QED) is 0.00441. The van der Waals surface area contributed by atoms with Gasteiger partial charge >= 0.3 is 41.8 Å². The van der Waals surface area contributed by atoms with Crippen LogP contribution in [0.2, 0.25) is 0 Å². The Morgan fingerprint density at radius 1 is 0.500 bits per heavy atom. The Bertz CT molecular complexity index is 3900. The number of phenolic OH excluding ortho intramolecular Hbond substituents is 3. The highest BCUT2D eigenvalue weighted by molar-refractivity contribution is 14.1. The van der Waals surface area contributed by atoms with Crippen molar-refractivity contribution in [3.63, 3.8) is 0 Å². The number of hydrogen-bond donors (Lipinski definition) is 10. The van der Waals surface area contributed by atoms with Crippen molar-refractivity contribution >= 4 is 91.9 Å². The molecule has 6 aromatic carbocycles. The lowest BCUT2D eigenvalue weighted by molar-refractivity contribution is 0.0440. The van der Waals surface area contributed by atoms with Gasteiger partial charge in [-0.3, -0.25) is 9.59 Å². The number of rotatable bonds is 22. The predicted octanol–water partition coefficient (Wildman–Crippen LogP) is 19.1. The number of Topliss-reactive ketones (excluding diaryl/α,β-unsaturated/α-hetero) is 2. The minimum Gasteiger partial charge on any atom is -0.508 e. The first-order valence-corrected chi connectivity index (χ1v) is 34.5. The van der Waals surface area contributed by atoms with E-state index in [4.69, 9.17) is 24.8 Å². The number of aromatic hydroxyl groups is 6. The Morgan fingerprint density at radius 3 is 1.59 bits per heavy atom. The first-order chi connectivity index (χ1) is 46.5. The molecule has 24 heteroatoms. The van der Waals surface area contributed by atoms with Gasteiger partial charge in [-0.2, -0.15) is 0 Å². The number of cyclic esters (lactones) is 2. The molecule has 546 valence electrons. The fraction of sp³-hybridized carbons (Fsp3) is 0.408. The third kappa shape index (κ3) is 24.1. The lowest BCUT2D eigenvalue weighted by atomic mass is 9.76. The lowest BCUT2D eigenvalue weighted by Gasteiger charge is -2.28. The molecular formula is C76H96BrIO22. The zero-order chi connectivity index (χ0) is 75.6. The number of ketones is 2. The largest absolute Gasteiger partial charge is 0.508 e. The van der Waals surface area contributed by atoms with E-state index in [1.54, 1.807) is 63.2 Å². The molecule has 0 fully saturated rings. The zero-order valence-corrected chi connectivity index (χ0v) is 62.2. The average molecular weight is 1570 g/mol. The summed E-state index contributed by atoms with van der Waals surface area (Å²) < 4.78 is 17.4. The smallest absolute Gasteiger partial charge is 0.348 e. The molecule has 0 aromatic heterocycles. The second kappa shape index (κ2) is 41.5. The summed E-state index contributed by atoms with van der Waals surface area (Å²) in [6.07, 6.45) is 10.9. The SMILES string of the molecule is C.CC.CC.CCCCC(C)(C)C(=O)c1cc(C)cc(I)c1C(=O)O.CCCCCC(C)(C)c1c(O)c(O)cc(O)c1C(=O)O.CCCCCc1c2c(cc(O)c1C(=O)O)OC(=O)c1c(cc(C)cc1C(=O)CCCC)O2.O=C(O)c1ccc(O)cc1O.O=C1OC(=O)c2cc(Br)ccc21. The summed E-state index contributed by atoms with van der Waals surface area (Å²) in [6.45, 7) is 27.2. The summed E-state index contributed by atoms with van der Waals surface area (Å²) in [5.74, 6) is -9.50. The molecule has 0 saturated heterocycles. The number of carboxylic acid groups (broad SMARTS) is 4. The summed E-state index contributed by atoms with van der Waals surface area (Å²) >= 11 is 5.18. The van der Waals surface area contributed by atoms with Crippen molar-refractivity contribution in [2.75, 3.05) is 0 Å². The maximum Gasteiger partial charge on any atom is 0.348 e. The van der Waals surface area contributed by atoms with Crippen LogP contribution in [0, 0.1) is 22.8 Å². The first kappa shape index (κ1) is 89.0. The summed E-state index contributed by atoms with van der Waals surface area (Å²) in [7, 11) is 0. The summed E-state index contributed by atoms with van der Waals surface area (Å²) in [5.41, 5.74) is 1.33. The van der Waals surface area contributed by atoms with Crippen LogP contribution in [0.4, 0.5) is 0 Å².